The summed E-state index contributed by atoms with van der Waals surface area (Å²) in [7, 11) is 0. The molecular formula is C15H22ClFN2. The number of hydrogen-bond acceptors (Lipinski definition) is 2. The van der Waals surface area contributed by atoms with Gasteiger partial charge in [-0.2, -0.15) is 0 Å². The van der Waals surface area contributed by atoms with Crippen LogP contribution in [0, 0.1) is 11.7 Å². The molecule has 1 aliphatic heterocycles. The zero-order valence-electron chi connectivity index (χ0n) is 11.4. The second-order valence-electron chi connectivity index (χ2n) is 5.36. The zero-order chi connectivity index (χ0) is 13.8. The molecule has 4 heteroatoms. The number of nitrogens with two attached hydrogens (primary N) is 1. The summed E-state index contributed by atoms with van der Waals surface area (Å²) in [5, 5.41) is 0.171. The number of nitrogens with zero attached hydrogens (tertiary/aromatic N) is 1. The van der Waals surface area contributed by atoms with Gasteiger partial charge in [0.05, 0.1) is 5.02 Å². The Kier molecular flexibility index (Phi) is 5.20. The number of rotatable bonds is 5. The summed E-state index contributed by atoms with van der Waals surface area (Å²) in [5.74, 6) is 0.401. The van der Waals surface area contributed by atoms with Crippen molar-refractivity contribution in [1.82, 2.24) is 4.90 Å². The molecular weight excluding hydrogens is 263 g/mol. The Labute approximate surface area is 119 Å². The number of likely N-dealkylation sites (tertiary alicyclic amines) is 1. The van der Waals surface area contributed by atoms with Crippen LogP contribution in [0.25, 0.3) is 0 Å². The molecule has 1 saturated heterocycles. The van der Waals surface area contributed by atoms with E-state index in [1.807, 2.05) is 6.07 Å². The zero-order valence-corrected chi connectivity index (χ0v) is 12.2. The van der Waals surface area contributed by atoms with E-state index in [9.17, 15) is 4.39 Å². The van der Waals surface area contributed by atoms with Crippen LogP contribution in [0.15, 0.2) is 18.2 Å². The first-order valence-electron chi connectivity index (χ1n) is 7.04. The Morgan fingerprint density at radius 2 is 2.32 bits per heavy atom. The van der Waals surface area contributed by atoms with Crippen molar-refractivity contribution in [1.29, 1.82) is 0 Å². The van der Waals surface area contributed by atoms with Gasteiger partial charge in [0.15, 0.2) is 0 Å². The van der Waals surface area contributed by atoms with Gasteiger partial charge in [0.1, 0.15) is 5.82 Å². The third-order valence-electron chi connectivity index (χ3n) is 4.01. The van der Waals surface area contributed by atoms with Crippen molar-refractivity contribution in [2.24, 2.45) is 11.7 Å². The highest BCUT2D eigenvalue weighted by Crippen LogP contribution is 2.30. The van der Waals surface area contributed by atoms with Crippen LogP contribution >= 0.6 is 11.6 Å². The maximum Gasteiger partial charge on any atom is 0.142 e. The summed E-state index contributed by atoms with van der Waals surface area (Å²) in [4.78, 5) is 2.38. The van der Waals surface area contributed by atoms with E-state index in [0.29, 0.717) is 6.54 Å². The van der Waals surface area contributed by atoms with Gasteiger partial charge < -0.3 is 5.73 Å². The molecule has 0 amide bonds. The second-order valence-corrected chi connectivity index (χ2v) is 5.77. The van der Waals surface area contributed by atoms with Crippen LogP contribution < -0.4 is 5.73 Å². The van der Waals surface area contributed by atoms with Crippen molar-refractivity contribution in [3.05, 3.63) is 34.6 Å². The Balaban J connectivity index is 2.09. The molecule has 106 valence electrons. The summed E-state index contributed by atoms with van der Waals surface area (Å²) >= 11 is 5.73. The van der Waals surface area contributed by atoms with E-state index in [-0.39, 0.29) is 16.9 Å². The van der Waals surface area contributed by atoms with E-state index in [1.54, 1.807) is 6.07 Å². The molecule has 1 heterocycles. The number of halogens is 2. The fourth-order valence-electron chi connectivity index (χ4n) is 3.01. The van der Waals surface area contributed by atoms with Crippen molar-refractivity contribution in [3.63, 3.8) is 0 Å². The van der Waals surface area contributed by atoms with Crippen LogP contribution in [-0.4, -0.2) is 24.5 Å². The quantitative estimate of drug-likeness (QED) is 0.895. The molecule has 1 fully saturated rings. The van der Waals surface area contributed by atoms with E-state index in [2.05, 4.69) is 11.8 Å². The fraction of sp³-hybridized carbons (Fsp3) is 0.600. The molecule has 0 aliphatic carbocycles. The maximum atomic E-state index is 13.6. The van der Waals surface area contributed by atoms with E-state index < -0.39 is 0 Å². The second kappa shape index (κ2) is 6.69. The van der Waals surface area contributed by atoms with Gasteiger partial charge in [0.2, 0.25) is 0 Å². The van der Waals surface area contributed by atoms with Crippen molar-refractivity contribution < 1.29 is 4.39 Å². The minimum Gasteiger partial charge on any atom is -0.329 e. The third-order valence-corrected chi connectivity index (χ3v) is 4.31. The van der Waals surface area contributed by atoms with E-state index >= 15 is 0 Å². The summed E-state index contributed by atoms with van der Waals surface area (Å²) in [6, 6.07) is 5.13. The average molecular weight is 285 g/mol. The van der Waals surface area contributed by atoms with Crippen LogP contribution in [0.1, 0.15) is 37.8 Å². The molecule has 0 saturated carbocycles. The Bertz CT molecular complexity index is 425. The summed E-state index contributed by atoms with van der Waals surface area (Å²) in [6.07, 6.45) is 3.71. The number of benzene rings is 1. The lowest BCUT2D eigenvalue weighted by Crippen LogP contribution is -2.32. The van der Waals surface area contributed by atoms with Crippen LogP contribution in [0.2, 0.25) is 5.02 Å². The Morgan fingerprint density at radius 1 is 1.53 bits per heavy atom. The number of hydrogen-bond donors (Lipinski definition) is 1. The monoisotopic (exact) mass is 284 g/mol. The van der Waals surface area contributed by atoms with Gasteiger partial charge in [-0.3, -0.25) is 4.90 Å². The smallest absolute Gasteiger partial charge is 0.142 e. The average Bonchev–Trinajstić information content (AvgIpc) is 2.83. The minimum atomic E-state index is -0.359. The molecule has 0 spiro atoms. The minimum absolute atomic E-state index is 0.105. The fourth-order valence-corrected chi connectivity index (χ4v) is 3.12. The molecule has 1 aliphatic rings. The highest BCUT2D eigenvalue weighted by molar-refractivity contribution is 6.30. The summed E-state index contributed by atoms with van der Waals surface area (Å²) in [6.45, 7) is 4.86. The van der Waals surface area contributed by atoms with Crippen LogP contribution in [0.4, 0.5) is 4.39 Å². The highest BCUT2D eigenvalue weighted by Gasteiger charge is 2.28. The molecule has 1 aromatic carbocycles. The van der Waals surface area contributed by atoms with Crippen molar-refractivity contribution in [2.75, 3.05) is 19.6 Å². The highest BCUT2D eigenvalue weighted by atomic mass is 35.5. The van der Waals surface area contributed by atoms with Crippen LogP contribution in [-0.2, 0) is 0 Å². The molecule has 2 nitrogen and oxygen atoms in total. The summed E-state index contributed by atoms with van der Waals surface area (Å²) < 4.78 is 13.6. The molecule has 2 rings (SSSR count). The predicted octanol–water partition coefficient (Wildman–Crippen LogP) is 3.60. The first-order chi connectivity index (χ1) is 9.15. The van der Waals surface area contributed by atoms with Gasteiger partial charge in [-0.05, 0) is 43.0 Å². The van der Waals surface area contributed by atoms with Crippen molar-refractivity contribution in [2.45, 2.75) is 32.2 Å². The van der Waals surface area contributed by atoms with Gasteiger partial charge >= 0.3 is 0 Å². The topological polar surface area (TPSA) is 29.3 Å². The SMILES string of the molecule is CCCC1CCN(C(CN)c2ccc(Cl)c(F)c2)C1. The molecule has 2 unspecified atom stereocenters. The molecule has 0 radical (unpaired) electrons. The first kappa shape index (κ1) is 14.8. The largest absolute Gasteiger partial charge is 0.329 e. The van der Waals surface area contributed by atoms with E-state index in [4.69, 9.17) is 17.3 Å². The Hall–Kier alpha value is -0.640. The summed E-state index contributed by atoms with van der Waals surface area (Å²) in [5.41, 5.74) is 6.83. The van der Waals surface area contributed by atoms with Gasteiger partial charge in [-0.1, -0.05) is 31.0 Å². The van der Waals surface area contributed by atoms with Crippen LogP contribution in [0.3, 0.4) is 0 Å². The Morgan fingerprint density at radius 3 is 2.95 bits per heavy atom. The molecule has 0 bridgehead atoms. The molecule has 2 N–H and O–H groups in total. The molecule has 19 heavy (non-hydrogen) atoms. The van der Waals surface area contributed by atoms with E-state index in [1.165, 1.54) is 25.3 Å². The lowest BCUT2D eigenvalue weighted by atomic mass is 10.0. The molecule has 1 aromatic rings. The first-order valence-corrected chi connectivity index (χ1v) is 7.42. The lowest BCUT2D eigenvalue weighted by Gasteiger charge is -2.27. The third kappa shape index (κ3) is 3.47. The normalized spacial score (nSPS) is 21.8. The van der Waals surface area contributed by atoms with Crippen LogP contribution in [0.5, 0.6) is 0 Å². The van der Waals surface area contributed by atoms with Gasteiger partial charge in [-0.25, -0.2) is 4.39 Å². The van der Waals surface area contributed by atoms with Gasteiger partial charge in [0.25, 0.3) is 0 Å². The lowest BCUT2D eigenvalue weighted by molar-refractivity contribution is 0.239. The molecule has 2 atom stereocenters. The van der Waals surface area contributed by atoms with Crippen molar-refractivity contribution >= 4 is 11.6 Å². The van der Waals surface area contributed by atoms with E-state index in [0.717, 1.165) is 24.6 Å². The standard InChI is InChI=1S/C15H22ClFN2/c1-2-3-11-6-7-19(10-11)15(9-18)12-4-5-13(16)14(17)8-12/h4-5,8,11,15H,2-3,6-7,9-10,18H2,1H3. The predicted molar refractivity (Wildman–Crippen MR) is 77.8 cm³/mol. The maximum absolute atomic E-state index is 13.6. The van der Waals surface area contributed by atoms with Gasteiger partial charge in [0, 0.05) is 19.1 Å². The van der Waals surface area contributed by atoms with Crippen molar-refractivity contribution in [3.8, 4) is 0 Å². The molecule has 0 aromatic heterocycles. The van der Waals surface area contributed by atoms with Gasteiger partial charge in [-0.15, -0.1) is 0 Å².